The summed E-state index contributed by atoms with van der Waals surface area (Å²) in [5.41, 5.74) is 3.21. The van der Waals surface area contributed by atoms with Crippen LogP contribution in [0, 0.1) is 0 Å². The molecule has 0 aliphatic heterocycles. The smallest absolute Gasteiger partial charge is 0.416 e. The van der Waals surface area contributed by atoms with E-state index < -0.39 is 11.7 Å². The molecule has 0 heterocycles. The SMILES string of the molecule is Oc1ccc(NN=Cc2ccc(C(F)(F)F)cc2)cc1. The molecule has 20 heavy (non-hydrogen) atoms. The summed E-state index contributed by atoms with van der Waals surface area (Å²) in [6.45, 7) is 0. The van der Waals surface area contributed by atoms with Gasteiger partial charge in [-0.25, -0.2) is 0 Å². The van der Waals surface area contributed by atoms with Crippen molar-refractivity contribution in [2.75, 3.05) is 5.43 Å². The number of halogens is 3. The van der Waals surface area contributed by atoms with Crippen LogP contribution in [-0.2, 0) is 6.18 Å². The number of benzene rings is 2. The van der Waals surface area contributed by atoms with Gasteiger partial charge in [-0.15, -0.1) is 0 Å². The lowest BCUT2D eigenvalue weighted by atomic mass is 10.1. The van der Waals surface area contributed by atoms with E-state index >= 15 is 0 Å². The number of nitrogens with one attached hydrogen (secondary N) is 1. The molecule has 0 radical (unpaired) electrons. The summed E-state index contributed by atoms with van der Waals surface area (Å²) in [7, 11) is 0. The second kappa shape index (κ2) is 5.64. The van der Waals surface area contributed by atoms with E-state index in [1.807, 2.05) is 0 Å². The van der Waals surface area contributed by atoms with Crippen LogP contribution in [0.5, 0.6) is 5.75 Å². The number of nitrogens with zero attached hydrogens (tertiary/aromatic N) is 1. The van der Waals surface area contributed by atoms with E-state index in [-0.39, 0.29) is 5.75 Å². The molecule has 0 aliphatic rings. The number of phenols is 1. The minimum atomic E-state index is -4.33. The molecule has 2 aromatic carbocycles. The van der Waals surface area contributed by atoms with Crippen LogP contribution in [0.15, 0.2) is 53.6 Å². The van der Waals surface area contributed by atoms with E-state index in [1.165, 1.54) is 30.5 Å². The Morgan fingerprint density at radius 2 is 1.55 bits per heavy atom. The van der Waals surface area contributed by atoms with E-state index in [0.717, 1.165) is 12.1 Å². The zero-order valence-electron chi connectivity index (χ0n) is 10.2. The molecule has 0 saturated heterocycles. The Bertz CT molecular complexity index is 589. The molecule has 0 atom stereocenters. The second-order valence-electron chi connectivity index (χ2n) is 4.04. The Kier molecular flexibility index (Phi) is 3.93. The van der Waals surface area contributed by atoms with Crippen molar-refractivity contribution in [1.82, 2.24) is 0 Å². The van der Waals surface area contributed by atoms with Gasteiger partial charge >= 0.3 is 6.18 Å². The maximum Gasteiger partial charge on any atom is 0.416 e. The predicted molar refractivity (Wildman–Crippen MR) is 70.8 cm³/mol. The van der Waals surface area contributed by atoms with Crippen LogP contribution in [0.1, 0.15) is 11.1 Å². The number of hydrazone groups is 1. The average Bonchev–Trinajstić information content (AvgIpc) is 2.41. The summed E-state index contributed by atoms with van der Waals surface area (Å²) < 4.78 is 37.1. The summed E-state index contributed by atoms with van der Waals surface area (Å²) in [6, 6.07) is 10.9. The largest absolute Gasteiger partial charge is 0.508 e. The Morgan fingerprint density at radius 1 is 0.950 bits per heavy atom. The first-order valence-electron chi connectivity index (χ1n) is 5.70. The van der Waals surface area contributed by atoms with E-state index in [1.54, 1.807) is 12.1 Å². The van der Waals surface area contributed by atoms with Gasteiger partial charge in [-0.05, 0) is 42.0 Å². The van der Waals surface area contributed by atoms with Gasteiger partial charge in [0.2, 0.25) is 0 Å². The van der Waals surface area contributed by atoms with Crippen LogP contribution in [0.4, 0.5) is 18.9 Å². The first-order valence-corrected chi connectivity index (χ1v) is 5.70. The quantitative estimate of drug-likeness (QED) is 0.509. The fraction of sp³-hybridized carbons (Fsp3) is 0.0714. The topological polar surface area (TPSA) is 44.6 Å². The molecule has 0 saturated carbocycles. The maximum atomic E-state index is 12.4. The Balaban J connectivity index is 1.99. The van der Waals surface area contributed by atoms with Gasteiger partial charge in [-0.3, -0.25) is 5.43 Å². The van der Waals surface area contributed by atoms with Gasteiger partial charge in [0, 0.05) is 0 Å². The van der Waals surface area contributed by atoms with Gasteiger partial charge in [0.15, 0.2) is 0 Å². The van der Waals surface area contributed by atoms with Crippen LogP contribution in [0.25, 0.3) is 0 Å². The average molecular weight is 280 g/mol. The van der Waals surface area contributed by atoms with Crippen LogP contribution < -0.4 is 5.43 Å². The first-order chi connectivity index (χ1) is 9.45. The predicted octanol–water partition coefficient (Wildman–Crippen LogP) is 3.86. The lowest BCUT2D eigenvalue weighted by molar-refractivity contribution is -0.137. The van der Waals surface area contributed by atoms with Gasteiger partial charge in [0.25, 0.3) is 0 Å². The standard InChI is InChI=1S/C14H11F3N2O/c15-14(16,17)11-3-1-10(2-4-11)9-18-19-12-5-7-13(20)8-6-12/h1-9,19-20H. The van der Waals surface area contributed by atoms with Crippen LogP contribution in [-0.4, -0.2) is 11.3 Å². The van der Waals surface area contributed by atoms with Crippen molar-refractivity contribution in [2.24, 2.45) is 5.10 Å². The molecule has 104 valence electrons. The fourth-order valence-electron chi connectivity index (χ4n) is 1.48. The Morgan fingerprint density at radius 3 is 2.10 bits per heavy atom. The van der Waals surface area contributed by atoms with E-state index in [9.17, 15) is 13.2 Å². The highest BCUT2D eigenvalue weighted by Gasteiger charge is 2.29. The van der Waals surface area contributed by atoms with Gasteiger partial charge in [-0.1, -0.05) is 12.1 Å². The molecule has 3 nitrogen and oxygen atoms in total. The van der Waals surface area contributed by atoms with Crippen LogP contribution in [0.3, 0.4) is 0 Å². The first kappa shape index (κ1) is 13.9. The molecular formula is C14H11F3N2O. The van der Waals surface area contributed by atoms with Crippen molar-refractivity contribution in [3.05, 3.63) is 59.7 Å². The molecule has 0 unspecified atom stereocenters. The third-order valence-corrected chi connectivity index (χ3v) is 2.51. The van der Waals surface area contributed by atoms with Crippen molar-refractivity contribution >= 4 is 11.9 Å². The zero-order chi connectivity index (χ0) is 14.6. The normalized spacial score (nSPS) is 11.8. The molecule has 0 fully saturated rings. The minimum Gasteiger partial charge on any atom is -0.508 e. The number of hydrogen-bond acceptors (Lipinski definition) is 3. The number of hydrogen-bond donors (Lipinski definition) is 2. The summed E-state index contributed by atoms with van der Waals surface area (Å²) >= 11 is 0. The lowest BCUT2D eigenvalue weighted by Gasteiger charge is -2.05. The molecule has 0 amide bonds. The number of anilines is 1. The molecule has 6 heteroatoms. The lowest BCUT2D eigenvalue weighted by Crippen LogP contribution is -2.04. The Labute approximate surface area is 113 Å². The highest BCUT2D eigenvalue weighted by Crippen LogP contribution is 2.28. The fourth-order valence-corrected chi connectivity index (χ4v) is 1.48. The molecule has 0 aromatic heterocycles. The highest BCUT2D eigenvalue weighted by atomic mass is 19.4. The summed E-state index contributed by atoms with van der Waals surface area (Å²) in [4.78, 5) is 0. The number of alkyl halides is 3. The molecule has 2 rings (SSSR count). The maximum absolute atomic E-state index is 12.4. The van der Waals surface area contributed by atoms with Gasteiger partial charge in [-0.2, -0.15) is 18.3 Å². The highest BCUT2D eigenvalue weighted by molar-refractivity contribution is 5.80. The second-order valence-corrected chi connectivity index (χ2v) is 4.04. The van der Waals surface area contributed by atoms with Gasteiger partial charge in [0.05, 0.1) is 17.5 Å². The molecule has 2 N–H and O–H groups in total. The number of phenolic OH excluding ortho intramolecular Hbond substituents is 1. The number of rotatable bonds is 3. The van der Waals surface area contributed by atoms with Crippen molar-refractivity contribution in [3.63, 3.8) is 0 Å². The monoisotopic (exact) mass is 280 g/mol. The molecule has 0 aliphatic carbocycles. The Hall–Kier alpha value is -2.50. The van der Waals surface area contributed by atoms with E-state index in [0.29, 0.717) is 11.3 Å². The van der Waals surface area contributed by atoms with Crippen molar-refractivity contribution in [1.29, 1.82) is 0 Å². The van der Waals surface area contributed by atoms with Crippen molar-refractivity contribution < 1.29 is 18.3 Å². The summed E-state index contributed by atoms with van der Waals surface area (Å²) in [5, 5.41) is 13.0. The third-order valence-electron chi connectivity index (χ3n) is 2.51. The minimum absolute atomic E-state index is 0.141. The third kappa shape index (κ3) is 3.74. The van der Waals surface area contributed by atoms with Crippen molar-refractivity contribution in [2.45, 2.75) is 6.18 Å². The summed E-state index contributed by atoms with van der Waals surface area (Å²) in [5.74, 6) is 0.141. The van der Waals surface area contributed by atoms with Crippen LogP contribution >= 0.6 is 0 Å². The molecule has 2 aromatic rings. The molecule has 0 bridgehead atoms. The number of aromatic hydroxyl groups is 1. The molecule has 0 spiro atoms. The summed E-state index contributed by atoms with van der Waals surface area (Å²) in [6.07, 6.45) is -2.92. The molecular weight excluding hydrogens is 269 g/mol. The zero-order valence-corrected chi connectivity index (χ0v) is 10.2. The van der Waals surface area contributed by atoms with E-state index in [4.69, 9.17) is 5.11 Å². The van der Waals surface area contributed by atoms with Crippen molar-refractivity contribution in [3.8, 4) is 5.75 Å². The van der Waals surface area contributed by atoms with Gasteiger partial charge < -0.3 is 5.11 Å². The van der Waals surface area contributed by atoms with Gasteiger partial charge in [0.1, 0.15) is 5.75 Å². The van der Waals surface area contributed by atoms with Crippen LogP contribution in [0.2, 0.25) is 0 Å². The van der Waals surface area contributed by atoms with E-state index in [2.05, 4.69) is 10.5 Å².